The van der Waals surface area contributed by atoms with E-state index in [0.29, 0.717) is 5.56 Å². The van der Waals surface area contributed by atoms with Crippen LogP contribution in [0.4, 0.5) is 5.69 Å². The molecule has 3 heteroatoms. The topological polar surface area (TPSA) is 42.0 Å². The van der Waals surface area contributed by atoms with Crippen molar-refractivity contribution in [1.29, 1.82) is 0 Å². The lowest BCUT2D eigenvalue weighted by molar-refractivity contribution is 0.102. The van der Waals surface area contributed by atoms with Crippen LogP contribution in [0.25, 0.3) is 16.8 Å². The van der Waals surface area contributed by atoms with Crippen molar-refractivity contribution in [3.05, 3.63) is 78.1 Å². The van der Waals surface area contributed by atoms with Crippen molar-refractivity contribution >= 4 is 28.4 Å². The van der Waals surface area contributed by atoms with Crippen LogP contribution < -0.4 is 5.32 Å². The number of nitrogens with zero attached hydrogens (tertiary/aromatic N) is 1. The number of carbonyl (C=O) groups is 1. The summed E-state index contributed by atoms with van der Waals surface area (Å²) in [6.45, 7) is 6.47. The summed E-state index contributed by atoms with van der Waals surface area (Å²) in [5, 5.41) is 4.98. The van der Waals surface area contributed by atoms with Gasteiger partial charge in [0.2, 0.25) is 0 Å². The average Bonchev–Trinajstić information content (AvgIpc) is 2.60. The van der Waals surface area contributed by atoms with E-state index >= 15 is 0 Å². The van der Waals surface area contributed by atoms with Crippen LogP contribution in [0, 0.1) is 5.41 Å². The van der Waals surface area contributed by atoms with Gasteiger partial charge in [-0.25, -0.2) is 0 Å². The Balaban J connectivity index is 1.78. The molecule has 126 valence electrons. The molecule has 2 aromatic carbocycles. The zero-order valence-electron chi connectivity index (χ0n) is 14.8. The molecule has 0 spiro atoms. The van der Waals surface area contributed by atoms with Crippen molar-refractivity contribution in [2.75, 3.05) is 5.32 Å². The van der Waals surface area contributed by atoms with E-state index in [-0.39, 0.29) is 11.3 Å². The second kappa shape index (κ2) is 6.89. The van der Waals surface area contributed by atoms with E-state index in [9.17, 15) is 4.79 Å². The molecule has 0 aliphatic carbocycles. The number of allylic oxidation sites excluding steroid dienone is 1. The van der Waals surface area contributed by atoms with Crippen molar-refractivity contribution in [3.63, 3.8) is 0 Å². The summed E-state index contributed by atoms with van der Waals surface area (Å²) in [5.74, 6) is -0.115. The Kier molecular flexibility index (Phi) is 4.66. The number of nitrogens with one attached hydrogen (secondary N) is 1. The van der Waals surface area contributed by atoms with Crippen LogP contribution in [0.1, 0.15) is 36.7 Å². The van der Waals surface area contributed by atoms with Crippen LogP contribution in [-0.2, 0) is 0 Å². The highest BCUT2D eigenvalue weighted by Crippen LogP contribution is 2.23. The number of anilines is 1. The molecule has 25 heavy (non-hydrogen) atoms. The van der Waals surface area contributed by atoms with Crippen LogP contribution >= 0.6 is 0 Å². The average molecular weight is 330 g/mol. The smallest absolute Gasteiger partial charge is 0.255 e. The maximum atomic E-state index is 12.5. The molecule has 0 aliphatic heterocycles. The summed E-state index contributed by atoms with van der Waals surface area (Å²) in [4.78, 5) is 16.7. The quantitative estimate of drug-likeness (QED) is 0.684. The number of benzene rings is 2. The van der Waals surface area contributed by atoms with Gasteiger partial charge >= 0.3 is 0 Å². The molecule has 0 saturated carbocycles. The summed E-state index contributed by atoms with van der Waals surface area (Å²) < 4.78 is 0. The molecule has 3 nitrogen and oxygen atoms in total. The summed E-state index contributed by atoms with van der Waals surface area (Å²) in [6.07, 6.45) is 7.77. The molecule has 0 bridgehead atoms. The first-order chi connectivity index (χ1) is 11.9. The molecule has 1 aromatic heterocycles. The van der Waals surface area contributed by atoms with E-state index in [1.165, 1.54) is 0 Å². The molecular weight excluding hydrogens is 308 g/mol. The number of rotatable bonds is 3. The molecule has 1 N–H and O–H groups in total. The van der Waals surface area contributed by atoms with Gasteiger partial charge in [0.1, 0.15) is 0 Å². The van der Waals surface area contributed by atoms with Gasteiger partial charge in [-0.1, -0.05) is 57.2 Å². The number of hydrogen-bond donors (Lipinski definition) is 1. The van der Waals surface area contributed by atoms with Gasteiger partial charge in [-0.2, -0.15) is 0 Å². The zero-order valence-corrected chi connectivity index (χ0v) is 14.8. The third-order valence-corrected chi connectivity index (χ3v) is 3.88. The molecular formula is C22H22N2O. The Hall–Kier alpha value is -2.94. The third-order valence-electron chi connectivity index (χ3n) is 3.88. The molecule has 3 rings (SSSR count). The van der Waals surface area contributed by atoms with Crippen molar-refractivity contribution in [1.82, 2.24) is 4.98 Å². The molecule has 1 heterocycles. The number of amides is 1. The number of hydrogen-bond acceptors (Lipinski definition) is 2. The van der Waals surface area contributed by atoms with Gasteiger partial charge in [0.15, 0.2) is 0 Å². The number of pyridine rings is 1. The lowest BCUT2D eigenvalue weighted by Gasteiger charge is -2.11. The van der Waals surface area contributed by atoms with Crippen LogP contribution in [0.2, 0.25) is 0 Å². The minimum absolute atomic E-state index is 0.115. The second-order valence-electron chi connectivity index (χ2n) is 7.18. The minimum atomic E-state index is -0.115. The van der Waals surface area contributed by atoms with Gasteiger partial charge < -0.3 is 5.32 Å². The number of fused-ring (bicyclic) bond motifs is 1. The van der Waals surface area contributed by atoms with Gasteiger partial charge in [0.05, 0.1) is 0 Å². The van der Waals surface area contributed by atoms with Crippen LogP contribution in [0.15, 0.2) is 67.0 Å². The summed E-state index contributed by atoms with van der Waals surface area (Å²) in [6, 6.07) is 15.3. The van der Waals surface area contributed by atoms with Crippen molar-refractivity contribution in [3.8, 4) is 0 Å². The molecule has 0 saturated heterocycles. The normalized spacial score (nSPS) is 11.8. The summed E-state index contributed by atoms with van der Waals surface area (Å²) >= 11 is 0. The maximum Gasteiger partial charge on any atom is 0.255 e. The standard InChI is InChI=1S/C22H22N2O/c1-22(2,3)13-11-16-7-9-17(10-8-16)21(25)24-20-6-4-5-18-15-23-14-12-19(18)20/h4-15H,1-3H3,(H,24,25). The van der Waals surface area contributed by atoms with E-state index in [0.717, 1.165) is 22.0 Å². The maximum absolute atomic E-state index is 12.5. The Morgan fingerprint density at radius 3 is 2.52 bits per heavy atom. The summed E-state index contributed by atoms with van der Waals surface area (Å²) in [5.41, 5.74) is 2.66. The van der Waals surface area contributed by atoms with E-state index in [4.69, 9.17) is 0 Å². The summed E-state index contributed by atoms with van der Waals surface area (Å²) in [7, 11) is 0. The highest BCUT2D eigenvalue weighted by atomic mass is 16.1. The lowest BCUT2D eigenvalue weighted by Crippen LogP contribution is -2.12. The SMILES string of the molecule is CC(C)(C)C=Cc1ccc(C(=O)Nc2cccc3cnccc23)cc1. The van der Waals surface area contributed by atoms with E-state index in [2.05, 4.69) is 43.2 Å². The fourth-order valence-electron chi connectivity index (χ4n) is 2.52. The highest BCUT2D eigenvalue weighted by molar-refractivity contribution is 6.09. The molecule has 0 fully saturated rings. The van der Waals surface area contributed by atoms with Crippen molar-refractivity contribution in [2.45, 2.75) is 20.8 Å². The highest BCUT2D eigenvalue weighted by Gasteiger charge is 2.08. The first kappa shape index (κ1) is 16.9. The predicted molar refractivity (Wildman–Crippen MR) is 105 cm³/mol. The third kappa shape index (κ3) is 4.32. The molecule has 3 aromatic rings. The molecule has 0 unspecified atom stereocenters. The van der Waals surface area contributed by atoms with Gasteiger partial charge in [0, 0.05) is 34.4 Å². The van der Waals surface area contributed by atoms with Crippen molar-refractivity contribution < 1.29 is 4.79 Å². The van der Waals surface area contributed by atoms with Gasteiger partial charge in [-0.05, 0) is 35.2 Å². The Bertz CT molecular complexity index is 913. The van der Waals surface area contributed by atoms with Gasteiger partial charge in [0.25, 0.3) is 5.91 Å². The monoisotopic (exact) mass is 330 g/mol. The first-order valence-electron chi connectivity index (χ1n) is 8.36. The fraction of sp³-hybridized carbons (Fsp3) is 0.182. The Morgan fingerprint density at radius 1 is 1.04 bits per heavy atom. The van der Waals surface area contributed by atoms with Gasteiger partial charge in [-0.3, -0.25) is 9.78 Å². The zero-order chi connectivity index (χ0) is 17.9. The number of carbonyl (C=O) groups excluding carboxylic acids is 1. The van der Waals surface area contributed by atoms with Gasteiger partial charge in [-0.15, -0.1) is 0 Å². The minimum Gasteiger partial charge on any atom is -0.321 e. The van der Waals surface area contributed by atoms with Crippen LogP contribution in [0.3, 0.4) is 0 Å². The Labute approximate surface area is 148 Å². The van der Waals surface area contributed by atoms with E-state index in [1.54, 1.807) is 12.4 Å². The predicted octanol–water partition coefficient (Wildman–Crippen LogP) is 5.55. The Morgan fingerprint density at radius 2 is 1.80 bits per heavy atom. The largest absolute Gasteiger partial charge is 0.321 e. The number of aromatic nitrogens is 1. The van der Waals surface area contributed by atoms with E-state index < -0.39 is 0 Å². The second-order valence-corrected chi connectivity index (χ2v) is 7.18. The molecule has 0 radical (unpaired) electrons. The van der Waals surface area contributed by atoms with E-state index in [1.807, 2.05) is 48.5 Å². The molecule has 1 amide bonds. The fourth-order valence-corrected chi connectivity index (χ4v) is 2.52. The van der Waals surface area contributed by atoms with Crippen LogP contribution in [0.5, 0.6) is 0 Å². The lowest BCUT2D eigenvalue weighted by atomic mass is 9.95. The first-order valence-corrected chi connectivity index (χ1v) is 8.36. The van der Waals surface area contributed by atoms with Crippen molar-refractivity contribution in [2.24, 2.45) is 5.41 Å². The van der Waals surface area contributed by atoms with Crippen LogP contribution in [-0.4, -0.2) is 10.9 Å². The molecule has 0 atom stereocenters. The molecule has 0 aliphatic rings.